The molecule has 1 aliphatic carbocycles. The van der Waals surface area contributed by atoms with Crippen LogP contribution in [-0.4, -0.2) is 30.8 Å². The maximum Gasteiger partial charge on any atom is 0.416 e. The fourth-order valence-electron chi connectivity index (χ4n) is 4.89. The van der Waals surface area contributed by atoms with E-state index in [9.17, 15) is 18.0 Å². The Balaban J connectivity index is 1.85. The lowest BCUT2D eigenvalue weighted by Gasteiger charge is -2.28. The minimum Gasteiger partial charge on any atom is -0.493 e. The van der Waals surface area contributed by atoms with E-state index in [0.717, 1.165) is 37.8 Å². The number of carbonyl (C=O) groups is 1. The third-order valence-corrected chi connectivity index (χ3v) is 6.68. The summed E-state index contributed by atoms with van der Waals surface area (Å²) in [6.45, 7) is 1.88. The topological polar surface area (TPSA) is 57.7 Å². The molecule has 2 atom stereocenters. The number of esters is 1. The van der Waals surface area contributed by atoms with Gasteiger partial charge in [0.2, 0.25) is 0 Å². The van der Waals surface area contributed by atoms with Crippen LogP contribution in [0, 0.1) is 0 Å². The van der Waals surface area contributed by atoms with Gasteiger partial charge in [-0.3, -0.25) is 9.78 Å². The summed E-state index contributed by atoms with van der Waals surface area (Å²) in [5.41, 5.74) is 1.13. The molecule has 0 saturated heterocycles. The maximum atomic E-state index is 13.4. The highest BCUT2D eigenvalue weighted by atomic mass is 19.4. The number of rotatable bonds is 9. The van der Waals surface area contributed by atoms with E-state index in [1.165, 1.54) is 12.1 Å². The summed E-state index contributed by atoms with van der Waals surface area (Å²) in [7, 11) is 1.56. The van der Waals surface area contributed by atoms with Crippen LogP contribution in [0.1, 0.15) is 66.7 Å². The van der Waals surface area contributed by atoms with Crippen molar-refractivity contribution in [3.05, 3.63) is 89.2 Å². The molecule has 3 aromatic rings. The maximum absolute atomic E-state index is 13.4. The largest absolute Gasteiger partial charge is 0.493 e. The Morgan fingerprint density at radius 1 is 0.946 bits per heavy atom. The van der Waals surface area contributed by atoms with E-state index < -0.39 is 29.5 Å². The molecule has 0 N–H and O–H groups in total. The van der Waals surface area contributed by atoms with Crippen molar-refractivity contribution in [3.63, 3.8) is 0 Å². The fourth-order valence-corrected chi connectivity index (χ4v) is 4.89. The zero-order valence-corrected chi connectivity index (χ0v) is 20.8. The molecule has 0 unspecified atom stereocenters. The number of benzene rings is 2. The van der Waals surface area contributed by atoms with E-state index in [-0.39, 0.29) is 12.7 Å². The van der Waals surface area contributed by atoms with Crippen LogP contribution in [-0.2, 0) is 15.7 Å². The van der Waals surface area contributed by atoms with Gasteiger partial charge in [-0.1, -0.05) is 18.2 Å². The van der Waals surface area contributed by atoms with Crippen molar-refractivity contribution in [2.45, 2.75) is 56.7 Å². The first-order chi connectivity index (χ1) is 17.8. The highest BCUT2D eigenvalue weighted by Gasteiger charge is 2.36. The number of halogens is 3. The second-order valence-corrected chi connectivity index (χ2v) is 9.04. The minimum absolute atomic E-state index is 0.0646. The van der Waals surface area contributed by atoms with Gasteiger partial charge >= 0.3 is 12.1 Å². The second kappa shape index (κ2) is 11.7. The van der Waals surface area contributed by atoms with Crippen LogP contribution in [0.15, 0.2) is 67.0 Å². The number of hydrogen-bond donors (Lipinski definition) is 0. The van der Waals surface area contributed by atoms with Gasteiger partial charge in [0.25, 0.3) is 0 Å². The summed E-state index contributed by atoms with van der Waals surface area (Å²) in [5.74, 6) is -0.861. The molecule has 0 radical (unpaired) electrons. The lowest BCUT2D eigenvalue weighted by atomic mass is 9.77. The smallest absolute Gasteiger partial charge is 0.416 e. The van der Waals surface area contributed by atoms with Crippen molar-refractivity contribution >= 4 is 5.97 Å². The van der Waals surface area contributed by atoms with Crippen LogP contribution in [0.25, 0.3) is 0 Å². The van der Waals surface area contributed by atoms with Crippen LogP contribution in [0.4, 0.5) is 13.2 Å². The van der Waals surface area contributed by atoms with E-state index in [0.29, 0.717) is 28.2 Å². The van der Waals surface area contributed by atoms with Gasteiger partial charge in [-0.05, 0) is 85.7 Å². The molecule has 5 nitrogen and oxygen atoms in total. The standard InChI is InChI=1S/C29H30F3NO4/c1-3-36-28(34)27(20-14-16-33-17-15-20)26(19-8-11-22(12-9-19)29(30,31)32)21-10-13-24(35-2)25(18-21)37-23-6-4-5-7-23/h8-18,23,26-27H,3-7H2,1-2H3/t26-,27+/m0/s1. The van der Waals surface area contributed by atoms with Gasteiger partial charge in [0.15, 0.2) is 11.5 Å². The average Bonchev–Trinajstić information content (AvgIpc) is 3.40. The molecule has 1 heterocycles. The van der Waals surface area contributed by atoms with E-state index in [4.69, 9.17) is 14.2 Å². The number of aromatic nitrogens is 1. The lowest BCUT2D eigenvalue weighted by molar-refractivity contribution is -0.145. The quantitative estimate of drug-likeness (QED) is 0.291. The number of hydrogen-bond acceptors (Lipinski definition) is 5. The van der Waals surface area contributed by atoms with Crippen molar-refractivity contribution < 1.29 is 32.2 Å². The van der Waals surface area contributed by atoms with Gasteiger partial charge in [-0.2, -0.15) is 13.2 Å². The molecule has 1 aliphatic rings. The molecule has 4 rings (SSSR count). The molecule has 0 bridgehead atoms. The molecule has 0 aliphatic heterocycles. The Kier molecular flexibility index (Phi) is 8.36. The molecular formula is C29H30F3NO4. The predicted octanol–water partition coefficient (Wildman–Crippen LogP) is 6.91. The highest BCUT2D eigenvalue weighted by Crippen LogP contribution is 2.43. The third-order valence-electron chi connectivity index (χ3n) is 6.68. The van der Waals surface area contributed by atoms with Crippen molar-refractivity contribution in [3.8, 4) is 11.5 Å². The average molecular weight is 514 g/mol. The SMILES string of the molecule is CCOC(=O)[C@H](c1ccncc1)[C@@H](c1ccc(C(F)(F)F)cc1)c1ccc(OC)c(OC2CCCC2)c1. The van der Waals surface area contributed by atoms with Gasteiger partial charge in [0, 0.05) is 18.3 Å². The first-order valence-electron chi connectivity index (χ1n) is 12.4. The molecule has 37 heavy (non-hydrogen) atoms. The minimum atomic E-state index is -4.47. The molecule has 1 saturated carbocycles. The molecule has 0 spiro atoms. The van der Waals surface area contributed by atoms with E-state index >= 15 is 0 Å². The highest BCUT2D eigenvalue weighted by molar-refractivity contribution is 5.80. The number of alkyl halides is 3. The summed E-state index contributed by atoms with van der Waals surface area (Å²) in [5, 5.41) is 0. The van der Waals surface area contributed by atoms with Crippen LogP contribution in [0.2, 0.25) is 0 Å². The van der Waals surface area contributed by atoms with Gasteiger partial charge in [0.1, 0.15) is 0 Å². The molecule has 8 heteroatoms. The second-order valence-electron chi connectivity index (χ2n) is 9.04. The molecule has 0 amide bonds. The molecule has 196 valence electrons. The Bertz CT molecular complexity index is 1180. The van der Waals surface area contributed by atoms with Gasteiger partial charge < -0.3 is 14.2 Å². The summed E-state index contributed by atoms with van der Waals surface area (Å²) in [6, 6.07) is 13.8. The molecule has 1 aromatic heterocycles. The number of ether oxygens (including phenoxy) is 3. The lowest BCUT2D eigenvalue weighted by Crippen LogP contribution is -2.24. The number of methoxy groups -OCH3 is 1. The number of pyridine rings is 1. The van der Waals surface area contributed by atoms with Gasteiger partial charge in [-0.25, -0.2) is 0 Å². The van der Waals surface area contributed by atoms with Crippen LogP contribution in [0.3, 0.4) is 0 Å². The molecule has 1 fully saturated rings. The van der Waals surface area contributed by atoms with Crippen molar-refractivity contribution in [2.75, 3.05) is 13.7 Å². The van der Waals surface area contributed by atoms with Crippen LogP contribution in [0.5, 0.6) is 11.5 Å². The van der Waals surface area contributed by atoms with Crippen LogP contribution >= 0.6 is 0 Å². The van der Waals surface area contributed by atoms with Crippen molar-refractivity contribution in [1.82, 2.24) is 4.98 Å². The van der Waals surface area contributed by atoms with E-state index in [1.807, 2.05) is 12.1 Å². The summed E-state index contributed by atoms with van der Waals surface area (Å²) >= 11 is 0. The third kappa shape index (κ3) is 6.24. The zero-order valence-electron chi connectivity index (χ0n) is 20.8. The summed E-state index contributed by atoms with van der Waals surface area (Å²) in [4.78, 5) is 17.4. The fraction of sp³-hybridized carbons (Fsp3) is 0.379. The Hall–Kier alpha value is -3.55. The van der Waals surface area contributed by atoms with Crippen molar-refractivity contribution in [1.29, 1.82) is 0 Å². The Morgan fingerprint density at radius 2 is 1.59 bits per heavy atom. The normalized spacial score (nSPS) is 15.7. The monoisotopic (exact) mass is 513 g/mol. The summed E-state index contributed by atoms with van der Waals surface area (Å²) < 4.78 is 57.2. The molecule has 2 aromatic carbocycles. The Labute approximate surface area is 214 Å². The van der Waals surface area contributed by atoms with Crippen molar-refractivity contribution in [2.24, 2.45) is 0 Å². The first-order valence-corrected chi connectivity index (χ1v) is 12.4. The molecular weight excluding hydrogens is 483 g/mol. The van der Waals surface area contributed by atoms with Gasteiger partial charge in [-0.15, -0.1) is 0 Å². The summed E-state index contributed by atoms with van der Waals surface area (Å²) in [6.07, 6.45) is 2.82. The number of nitrogens with zero attached hydrogens (tertiary/aromatic N) is 1. The van der Waals surface area contributed by atoms with Gasteiger partial charge in [0.05, 0.1) is 31.3 Å². The van der Waals surface area contributed by atoms with E-state index in [1.54, 1.807) is 44.6 Å². The van der Waals surface area contributed by atoms with Crippen LogP contribution < -0.4 is 9.47 Å². The Morgan fingerprint density at radius 3 is 2.19 bits per heavy atom. The first kappa shape index (κ1) is 26.5. The van der Waals surface area contributed by atoms with E-state index in [2.05, 4.69) is 4.98 Å². The zero-order chi connectivity index (χ0) is 26.4. The number of carbonyl (C=O) groups excluding carboxylic acids is 1. The predicted molar refractivity (Wildman–Crippen MR) is 133 cm³/mol.